The van der Waals surface area contributed by atoms with Gasteiger partial charge in [0.05, 0.1) is 0 Å². The standard InChI is InChI=1S/C22H25N3O/c1-2-19-9-3-4-14-25(19)21-12-11-18-8-5-10-20(22(18)24-21)26-16-17-7-6-13-23-15-17/h5-8,10-13,15,19H,2-4,9,14,16H2,1H3. The summed E-state index contributed by atoms with van der Waals surface area (Å²) in [5.74, 6) is 1.90. The third-order valence-electron chi connectivity index (χ3n) is 5.18. The number of rotatable bonds is 5. The van der Waals surface area contributed by atoms with Crippen molar-refractivity contribution in [3.05, 3.63) is 60.4 Å². The zero-order valence-electron chi connectivity index (χ0n) is 15.3. The molecule has 1 saturated heterocycles. The fourth-order valence-corrected chi connectivity index (χ4v) is 3.76. The van der Waals surface area contributed by atoms with E-state index >= 15 is 0 Å². The second kappa shape index (κ2) is 7.73. The van der Waals surface area contributed by atoms with Gasteiger partial charge < -0.3 is 9.64 Å². The summed E-state index contributed by atoms with van der Waals surface area (Å²) in [5.41, 5.74) is 2.00. The van der Waals surface area contributed by atoms with Crippen LogP contribution in [0.3, 0.4) is 0 Å². The number of hydrogen-bond donors (Lipinski definition) is 0. The van der Waals surface area contributed by atoms with Crippen molar-refractivity contribution in [1.82, 2.24) is 9.97 Å². The van der Waals surface area contributed by atoms with Crippen molar-refractivity contribution in [3.63, 3.8) is 0 Å². The Balaban J connectivity index is 1.63. The number of benzene rings is 1. The van der Waals surface area contributed by atoms with E-state index in [1.807, 2.05) is 30.5 Å². The van der Waals surface area contributed by atoms with Gasteiger partial charge >= 0.3 is 0 Å². The average Bonchev–Trinajstić information content (AvgIpc) is 2.72. The smallest absolute Gasteiger partial charge is 0.146 e. The van der Waals surface area contributed by atoms with Crippen LogP contribution >= 0.6 is 0 Å². The normalized spacial score (nSPS) is 17.4. The zero-order valence-corrected chi connectivity index (χ0v) is 15.3. The van der Waals surface area contributed by atoms with Crippen LogP contribution in [0.2, 0.25) is 0 Å². The number of para-hydroxylation sites is 1. The maximum atomic E-state index is 6.08. The Morgan fingerprint density at radius 3 is 2.92 bits per heavy atom. The monoisotopic (exact) mass is 347 g/mol. The number of nitrogens with zero attached hydrogens (tertiary/aromatic N) is 3. The number of ether oxygens (including phenoxy) is 1. The second-order valence-corrected chi connectivity index (χ2v) is 6.90. The van der Waals surface area contributed by atoms with Gasteiger partial charge in [-0.25, -0.2) is 4.98 Å². The first-order valence-corrected chi connectivity index (χ1v) is 9.53. The minimum atomic E-state index is 0.500. The van der Waals surface area contributed by atoms with Crippen LogP contribution in [-0.2, 0) is 6.61 Å². The molecule has 1 aliphatic heterocycles. The van der Waals surface area contributed by atoms with E-state index < -0.39 is 0 Å². The van der Waals surface area contributed by atoms with Gasteiger partial charge in [-0.15, -0.1) is 0 Å². The van der Waals surface area contributed by atoms with E-state index in [0.717, 1.165) is 34.6 Å². The van der Waals surface area contributed by atoms with E-state index in [-0.39, 0.29) is 0 Å². The summed E-state index contributed by atoms with van der Waals surface area (Å²) in [6.07, 6.45) is 8.60. The molecule has 4 heteroatoms. The molecule has 1 atom stereocenters. The molecule has 2 aromatic heterocycles. The van der Waals surface area contributed by atoms with E-state index in [4.69, 9.17) is 9.72 Å². The van der Waals surface area contributed by atoms with Gasteiger partial charge in [0.2, 0.25) is 0 Å². The van der Waals surface area contributed by atoms with Gasteiger partial charge in [-0.3, -0.25) is 4.98 Å². The molecule has 0 bridgehead atoms. The average molecular weight is 347 g/mol. The highest BCUT2D eigenvalue weighted by Crippen LogP contribution is 2.30. The summed E-state index contributed by atoms with van der Waals surface area (Å²) < 4.78 is 6.08. The molecule has 3 heterocycles. The fraction of sp³-hybridized carbons (Fsp3) is 0.364. The topological polar surface area (TPSA) is 38.2 Å². The quantitative estimate of drug-likeness (QED) is 0.652. The lowest BCUT2D eigenvalue weighted by molar-refractivity contribution is 0.309. The van der Waals surface area contributed by atoms with Crippen LogP contribution in [0.25, 0.3) is 10.9 Å². The third-order valence-corrected chi connectivity index (χ3v) is 5.18. The van der Waals surface area contributed by atoms with Crippen molar-refractivity contribution in [2.75, 3.05) is 11.4 Å². The summed E-state index contributed by atoms with van der Waals surface area (Å²) in [5, 5.41) is 1.11. The van der Waals surface area contributed by atoms with Crippen molar-refractivity contribution in [3.8, 4) is 5.75 Å². The lowest BCUT2D eigenvalue weighted by Gasteiger charge is -2.36. The Kier molecular flexibility index (Phi) is 5.00. The van der Waals surface area contributed by atoms with Crippen molar-refractivity contribution >= 4 is 16.7 Å². The highest BCUT2D eigenvalue weighted by atomic mass is 16.5. The molecule has 0 N–H and O–H groups in total. The van der Waals surface area contributed by atoms with Crippen molar-refractivity contribution < 1.29 is 4.74 Å². The van der Waals surface area contributed by atoms with Crippen LogP contribution in [0.4, 0.5) is 5.82 Å². The van der Waals surface area contributed by atoms with Crippen molar-refractivity contribution in [1.29, 1.82) is 0 Å². The molecule has 3 aromatic rings. The summed E-state index contributed by atoms with van der Waals surface area (Å²) in [6, 6.07) is 15.0. The Labute approximate surface area is 154 Å². The number of hydrogen-bond acceptors (Lipinski definition) is 4. The summed E-state index contributed by atoms with van der Waals surface area (Å²) in [6.45, 7) is 3.86. The number of aromatic nitrogens is 2. The highest BCUT2D eigenvalue weighted by molar-refractivity contribution is 5.86. The Morgan fingerprint density at radius 2 is 2.08 bits per heavy atom. The van der Waals surface area contributed by atoms with Gasteiger partial charge in [0.1, 0.15) is 23.7 Å². The first-order valence-electron chi connectivity index (χ1n) is 9.53. The summed E-state index contributed by atoms with van der Waals surface area (Å²) in [4.78, 5) is 11.6. The van der Waals surface area contributed by atoms with Crippen LogP contribution in [0.5, 0.6) is 5.75 Å². The maximum Gasteiger partial charge on any atom is 0.146 e. The van der Waals surface area contributed by atoms with E-state index in [0.29, 0.717) is 12.6 Å². The molecule has 1 fully saturated rings. The van der Waals surface area contributed by atoms with E-state index in [9.17, 15) is 0 Å². The van der Waals surface area contributed by atoms with Crippen LogP contribution in [0.15, 0.2) is 54.9 Å². The van der Waals surface area contributed by atoms with E-state index in [2.05, 4.69) is 35.0 Å². The summed E-state index contributed by atoms with van der Waals surface area (Å²) >= 11 is 0. The maximum absolute atomic E-state index is 6.08. The molecule has 134 valence electrons. The molecular formula is C22H25N3O. The van der Waals surface area contributed by atoms with Crippen molar-refractivity contribution in [2.45, 2.75) is 45.3 Å². The fourth-order valence-electron chi connectivity index (χ4n) is 3.76. The zero-order chi connectivity index (χ0) is 17.8. The molecule has 0 amide bonds. The van der Waals surface area contributed by atoms with E-state index in [1.54, 1.807) is 6.20 Å². The Morgan fingerprint density at radius 1 is 1.12 bits per heavy atom. The largest absolute Gasteiger partial charge is 0.487 e. The molecule has 1 aliphatic rings. The Hall–Kier alpha value is -2.62. The highest BCUT2D eigenvalue weighted by Gasteiger charge is 2.22. The van der Waals surface area contributed by atoms with Gasteiger partial charge in [0, 0.05) is 35.9 Å². The molecule has 0 radical (unpaired) electrons. The number of piperidine rings is 1. The summed E-state index contributed by atoms with van der Waals surface area (Å²) in [7, 11) is 0. The van der Waals surface area contributed by atoms with Gasteiger partial charge in [-0.1, -0.05) is 25.1 Å². The SMILES string of the molecule is CCC1CCCCN1c1ccc2cccc(OCc3cccnc3)c2n1. The molecule has 0 saturated carbocycles. The minimum Gasteiger partial charge on any atom is -0.487 e. The second-order valence-electron chi connectivity index (χ2n) is 6.90. The Bertz CT molecular complexity index is 866. The first kappa shape index (κ1) is 16.8. The van der Waals surface area contributed by atoms with E-state index in [1.165, 1.54) is 25.7 Å². The minimum absolute atomic E-state index is 0.500. The van der Waals surface area contributed by atoms with Gasteiger partial charge in [-0.05, 0) is 49.9 Å². The van der Waals surface area contributed by atoms with Crippen molar-refractivity contribution in [2.24, 2.45) is 0 Å². The number of fused-ring (bicyclic) bond motifs is 1. The van der Waals surface area contributed by atoms with Gasteiger partial charge in [-0.2, -0.15) is 0 Å². The van der Waals surface area contributed by atoms with Gasteiger partial charge in [0.15, 0.2) is 0 Å². The number of pyridine rings is 2. The lowest BCUT2D eigenvalue weighted by Crippen LogP contribution is -2.39. The van der Waals surface area contributed by atoms with Crippen LogP contribution in [0.1, 0.15) is 38.2 Å². The lowest BCUT2D eigenvalue weighted by atomic mass is 10.00. The molecular weight excluding hydrogens is 322 g/mol. The first-order chi connectivity index (χ1) is 12.8. The molecule has 26 heavy (non-hydrogen) atoms. The van der Waals surface area contributed by atoms with Crippen LogP contribution in [-0.4, -0.2) is 22.6 Å². The molecule has 0 aliphatic carbocycles. The molecule has 4 rings (SSSR count). The molecule has 4 nitrogen and oxygen atoms in total. The van der Waals surface area contributed by atoms with Gasteiger partial charge in [0.25, 0.3) is 0 Å². The molecule has 1 unspecified atom stereocenters. The molecule has 0 spiro atoms. The third kappa shape index (κ3) is 3.50. The predicted octanol–water partition coefficient (Wildman–Crippen LogP) is 4.98. The number of anilines is 1. The van der Waals surface area contributed by atoms with Crippen LogP contribution < -0.4 is 9.64 Å². The predicted molar refractivity (Wildman–Crippen MR) is 106 cm³/mol. The molecule has 1 aromatic carbocycles. The van der Waals surface area contributed by atoms with Crippen LogP contribution in [0, 0.1) is 0 Å².